The number of hydrogen-bond donors (Lipinski definition) is 2. The number of ether oxygens (including phenoxy) is 1. The Kier molecular flexibility index (Phi) is 5.79. The van der Waals surface area contributed by atoms with Gasteiger partial charge in [-0.25, -0.2) is 4.79 Å². The lowest BCUT2D eigenvalue weighted by Gasteiger charge is -2.29. The zero-order valence-corrected chi connectivity index (χ0v) is 17.5. The summed E-state index contributed by atoms with van der Waals surface area (Å²) in [5.74, 6) is -0.477. The fraction of sp³-hybridized carbons (Fsp3) is 0.632. The van der Waals surface area contributed by atoms with Crippen molar-refractivity contribution in [3.8, 4) is 0 Å². The zero-order valence-electron chi connectivity index (χ0n) is 16.7. The predicted molar refractivity (Wildman–Crippen MR) is 108 cm³/mol. The lowest BCUT2D eigenvalue weighted by molar-refractivity contribution is -0.122. The topological polar surface area (TPSA) is 103 Å². The number of nitrogens with one attached hydrogen (secondary N) is 1. The molecule has 28 heavy (non-hydrogen) atoms. The molecule has 0 fully saturated rings. The molecule has 0 spiro atoms. The first-order valence-electron chi connectivity index (χ1n) is 9.51. The fourth-order valence-electron chi connectivity index (χ4n) is 3.43. The molecule has 2 aromatic heterocycles. The van der Waals surface area contributed by atoms with Crippen molar-refractivity contribution in [2.24, 2.45) is 0 Å². The van der Waals surface area contributed by atoms with Crippen LogP contribution in [0.1, 0.15) is 44.6 Å². The Labute approximate surface area is 166 Å². The molecular weight excluding hydrogens is 382 g/mol. The Morgan fingerprint density at radius 3 is 2.71 bits per heavy atom. The van der Waals surface area contributed by atoms with Gasteiger partial charge in [0.2, 0.25) is 5.91 Å². The molecule has 1 aliphatic rings. The molecule has 0 radical (unpaired) electrons. The molecule has 0 bridgehead atoms. The number of aliphatic hydroxyl groups is 1. The van der Waals surface area contributed by atoms with E-state index >= 15 is 0 Å². The van der Waals surface area contributed by atoms with E-state index in [9.17, 15) is 19.5 Å². The molecular formula is C19H27N3O5S. The van der Waals surface area contributed by atoms with Crippen LogP contribution in [-0.4, -0.2) is 38.4 Å². The molecule has 0 aliphatic carbocycles. The maximum Gasteiger partial charge on any atom is 0.332 e. The molecule has 1 amide bonds. The smallest absolute Gasteiger partial charge is 0.332 e. The van der Waals surface area contributed by atoms with Crippen molar-refractivity contribution < 1.29 is 14.6 Å². The minimum atomic E-state index is -0.703. The van der Waals surface area contributed by atoms with E-state index in [1.165, 1.54) is 11.3 Å². The second-order valence-electron chi connectivity index (χ2n) is 7.89. The third kappa shape index (κ3) is 3.92. The fourth-order valence-corrected chi connectivity index (χ4v) is 4.67. The van der Waals surface area contributed by atoms with Gasteiger partial charge in [0, 0.05) is 24.4 Å². The van der Waals surface area contributed by atoms with Gasteiger partial charge in [-0.05, 0) is 32.8 Å². The van der Waals surface area contributed by atoms with Gasteiger partial charge >= 0.3 is 5.69 Å². The number of rotatable bonds is 6. The van der Waals surface area contributed by atoms with Crippen LogP contribution in [0, 0.1) is 0 Å². The largest absolute Gasteiger partial charge is 0.392 e. The van der Waals surface area contributed by atoms with Crippen molar-refractivity contribution in [2.75, 3.05) is 6.54 Å². The number of nitrogens with zero attached hydrogens (tertiary/aromatic N) is 2. The molecule has 8 nitrogen and oxygen atoms in total. The number of carbonyl (C=O) groups excluding carboxylic acids is 1. The Hall–Kier alpha value is -1.97. The van der Waals surface area contributed by atoms with E-state index < -0.39 is 28.9 Å². The first-order valence-corrected chi connectivity index (χ1v) is 10.3. The summed E-state index contributed by atoms with van der Waals surface area (Å²) in [7, 11) is 0. The highest BCUT2D eigenvalue weighted by Crippen LogP contribution is 2.37. The van der Waals surface area contributed by atoms with Gasteiger partial charge in [0.1, 0.15) is 11.4 Å². The minimum Gasteiger partial charge on any atom is -0.392 e. The predicted octanol–water partition coefficient (Wildman–Crippen LogP) is 0.983. The van der Waals surface area contributed by atoms with Gasteiger partial charge < -0.3 is 15.2 Å². The molecule has 0 aromatic carbocycles. The van der Waals surface area contributed by atoms with Crippen molar-refractivity contribution in [3.05, 3.63) is 31.3 Å². The number of amides is 1. The third-order valence-electron chi connectivity index (χ3n) is 4.78. The van der Waals surface area contributed by atoms with E-state index in [1.807, 2.05) is 20.8 Å². The molecule has 154 valence electrons. The van der Waals surface area contributed by atoms with Crippen molar-refractivity contribution in [2.45, 2.75) is 71.9 Å². The average molecular weight is 410 g/mol. The van der Waals surface area contributed by atoms with Crippen molar-refractivity contribution in [3.63, 3.8) is 0 Å². The first kappa shape index (κ1) is 20.8. The van der Waals surface area contributed by atoms with Gasteiger partial charge in [0.05, 0.1) is 23.7 Å². The lowest BCUT2D eigenvalue weighted by atomic mass is 9.94. The van der Waals surface area contributed by atoms with Crippen molar-refractivity contribution in [1.29, 1.82) is 0 Å². The molecule has 0 saturated carbocycles. The Balaban J connectivity index is 2.15. The summed E-state index contributed by atoms with van der Waals surface area (Å²) < 4.78 is 8.46. The van der Waals surface area contributed by atoms with Gasteiger partial charge in [-0.1, -0.05) is 6.92 Å². The summed E-state index contributed by atoms with van der Waals surface area (Å²) >= 11 is 1.43. The second kappa shape index (κ2) is 7.81. The summed E-state index contributed by atoms with van der Waals surface area (Å²) in [6.45, 7) is 8.04. The summed E-state index contributed by atoms with van der Waals surface area (Å²) in [5, 5.41) is 12.4. The van der Waals surface area contributed by atoms with E-state index in [2.05, 4.69) is 5.32 Å². The normalized spacial score (nSPS) is 16.8. The molecule has 0 saturated heterocycles. The van der Waals surface area contributed by atoms with Crippen LogP contribution in [0.5, 0.6) is 0 Å². The van der Waals surface area contributed by atoms with Gasteiger partial charge in [-0.15, -0.1) is 11.3 Å². The summed E-state index contributed by atoms with van der Waals surface area (Å²) in [6, 6.07) is 0. The number of thiophene rings is 1. The summed E-state index contributed by atoms with van der Waals surface area (Å²) in [6.07, 6.45) is 0.605. The van der Waals surface area contributed by atoms with Crippen LogP contribution in [0.15, 0.2) is 9.59 Å². The summed E-state index contributed by atoms with van der Waals surface area (Å²) in [4.78, 5) is 40.0. The molecule has 3 heterocycles. The van der Waals surface area contributed by atoms with E-state index in [0.29, 0.717) is 29.8 Å². The first-order chi connectivity index (χ1) is 13.1. The van der Waals surface area contributed by atoms with Crippen LogP contribution in [0.25, 0.3) is 10.2 Å². The average Bonchev–Trinajstić information content (AvgIpc) is 2.97. The van der Waals surface area contributed by atoms with Crippen LogP contribution >= 0.6 is 11.3 Å². The lowest BCUT2D eigenvalue weighted by Crippen LogP contribution is -2.44. The molecule has 1 unspecified atom stereocenters. The quantitative estimate of drug-likeness (QED) is 0.741. The molecule has 2 aromatic rings. The number of aliphatic hydroxyl groups excluding tert-OH is 1. The summed E-state index contributed by atoms with van der Waals surface area (Å²) in [5.41, 5.74) is -0.386. The van der Waals surface area contributed by atoms with E-state index in [-0.39, 0.29) is 13.1 Å². The van der Waals surface area contributed by atoms with Crippen LogP contribution in [0.2, 0.25) is 0 Å². The third-order valence-corrected chi connectivity index (χ3v) is 6.01. The van der Waals surface area contributed by atoms with E-state index in [1.54, 1.807) is 11.5 Å². The Morgan fingerprint density at radius 1 is 1.36 bits per heavy atom. The van der Waals surface area contributed by atoms with Gasteiger partial charge in [0.25, 0.3) is 5.56 Å². The van der Waals surface area contributed by atoms with Gasteiger partial charge in [-0.2, -0.15) is 0 Å². The monoisotopic (exact) mass is 409 g/mol. The Morgan fingerprint density at radius 2 is 2.07 bits per heavy atom. The van der Waals surface area contributed by atoms with E-state index in [0.717, 1.165) is 21.4 Å². The van der Waals surface area contributed by atoms with Crippen LogP contribution in [-0.2, 0) is 35.6 Å². The zero-order chi connectivity index (χ0) is 20.6. The highest BCUT2D eigenvalue weighted by atomic mass is 32.1. The maximum absolute atomic E-state index is 13.2. The minimum absolute atomic E-state index is 0.0678. The standard InChI is InChI=1S/C19H27N3O5S/c1-5-6-21-17-15(12-7-19(3,4)27-10-13(12)28-17)16(25)22(18(21)26)9-14(24)20-8-11(2)23/h11,23H,5-10H2,1-4H3,(H,20,24). The number of hydrogen-bond acceptors (Lipinski definition) is 6. The highest BCUT2D eigenvalue weighted by molar-refractivity contribution is 7.18. The highest BCUT2D eigenvalue weighted by Gasteiger charge is 2.32. The molecule has 3 rings (SSSR count). The molecule has 1 atom stereocenters. The van der Waals surface area contributed by atoms with Gasteiger partial charge in [-0.3, -0.25) is 18.7 Å². The van der Waals surface area contributed by atoms with Crippen LogP contribution < -0.4 is 16.6 Å². The van der Waals surface area contributed by atoms with Gasteiger partial charge in [0.15, 0.2) is 0 Å². The Bertz CT molecular complexity index is 1020. The van der Waals surface area contributed by atoms with Crippen molar-refractivity contribution >= 4 is 27.5 Å². The number of aryl methyl sites for hydroxylation is 1. The van der Waals surface area contributed by atoms with Crippen LogP contribution in [0.3, 0.4) is 0 Å². The second-order valence-corrected chi connectivity index (χ2v) is 8.97. The molecule has 9 heteroatoms. The SMILES string of the molecule is CCCn1c(=O)n(CC(=O)NCC(C)O)c(=O)c2c3c(sc21)COC(C)(C)C3. The van der Waals surface area contributed by atoms with E-state index in [4.69, 9.17) is 4.74 Å². The van der Waals surface area contributed by atoms with Crippen LogP contribution in [0.4, 0.5) is 0 Å². The number of fused-ring (bicyclic) bond motifs is 3. The molecule has 1 aliphatic heterocycles. The maximum atomic E-state index is 13.2. The van der Waals surface area contributed by atoms with Crippen molar-refractivity contribution in [1.82, 2.24) is 14.5 Å². The number of aromatic nitrogens is 2. The number of carbonyl (C=O) groups is 1. The molecule has 2 N–H and O–H groups in total.